The minimum absolute atomic E-state index is 0.0686. The molecule has 0 radical (unpaired) electrons. The zero-order valence-electron chi connectivity index (χ0n) is 12.5. The van der Waals surface area contributed by atoms with Crippen molar-refractivity contribution in [2.24, 2.45) is 5.10 Å². The van der Waals surface area contributed by atoms with E-state index in [4.69, 9.17) is 4.74 Å². The number of pyridine rings is 1. The third-order valence-electron chi connectivity index (χ3n) is 2.94. The topological polar surface area (TPSA) is 63.6 Å². The molecular weight excluding hydrogens is 278 g/mol. The normalized spacial score (nSPS) is 10.6. The van der Waals surface area contributed by atoms with Crippen LogP contribution in [0.4, 0.5) is 0 Å². The first-order valence-electron chi connectivity index (χ1n) is 7.21. The number of carbonyl (C=O) groups excluding carboxylic acids is 1. The van der Waals surface area contributed by atoms with Gasteiger partial charge in [0.2, 0.25) is 0 Å². The number of rotatable bonds is 7. The number of ether oxygens (including phenoxy) is 1. The number of amides is 1. The number of hydrogen-bond acceptors (Lipinski definition) is 4. The van der Waals surface area contributed by atoms with Crippen molar-refractivity contribution in [3.05, 3.63) is 59.9 Å². The number of benzene rings is 1. The number of hydrazone groups is 1. The van der Waals surface area contributed by atoms with E-state index in [9.17, 15) is 4.79 Å². The van der Waals surface area contributed by atoms with Gasteiger partial charge in [0.1, 0.15) is 5.75 Å². The highest BCUT2D eigenvalue weighted by Gasteiger charge is 2.01. The summed E-state index contributed by atoms with van der Waals surface area (Å²) in [5.41, 5.74) is 4.55. The number of carbonyl (C=O) groups is 1. The Morgan fingerprint density at radius 2 is 1.95 bits per heavy atom. The van der Waals surface area contributed by atoms with E-state index in [-0.39, 0.29) is 12.5 Å². The quantitative estimate of drug-likeness (QED) is 0.631. The minimum atomic E-state index is -0.303. The lowest BCUT2D eigenvalue weighted by molar-refractivity contribution is -0.123. The van der Waals surface area contributed by atoms with Crippen LogP contribution in [0.5, 0.6) is 5.75 Å². The van der Waals surface area contributed by atoms with E-state index in [2.05, 4.69) is 22.4 Å². The van der Waals surface area contributed by atoms with Crippen molar-refractivity contribution in [3.8, 4) is 5.75 Å². The van der Waals surface area contributed by atoms with Gasteiger partial charge in [0.05, 0.1) is 6.21 Å². The minimum Gasteiger partial charge on any atom is -0.484 e. The molecule has 2 aromatic rings. The zero-order valence-corrected chi connectivity index (χ0v) is 12.5. The van der Waals surface area contributed by atoms with Crippen LogP contribution in [-0.4, -0.2) is 23.7 Å². The second kappa shape index (κ2) is 8.56. The van der Waals surface area contributed by atoms with Crippen molar-refractivity contribution in [2.45, 2.75) is 19.8 Å². The van der Waals surface area contributed by atoms with Gasteiger partial charge in [-0.05, 0) is 41.8 Å². The number of nitrogens with one attached hydrogen (secondary N) is 1. The van der Waals surface area contributed by atoms with Gasteiger partial charge in [0.15, 0.2) is 6.61 Å². The first kappa shape index (κ1) is 15.7. The summed E-state index contributed by atoms with van der Waals surface area (Å²) >= 11 is 0. The van der Waals surface area contributed by atoms with Crippen LogP contribution in [0.3, 0.4) is 0 Å². The van der Waals surface area contributed by atoms with Gasteiger partial charge in [-0.3, -0.25) is 9.78 Å². The smallest absolute Gasteiger partial charge is 0.277 e. The van der Waals surface area contributed by atoms with Crippen molar-refractivity contribution in [1.82, 2.24) is 10.4 Å². The van der Waals surface area contributed by atoms with Crippen LogP contribution in [0.25, 0.3) is 0 Å². The highest BCUT2D eigenvalue weighted by atomic mass is 16.5. The molecule has 0 unspecified atom stereocenters. The van der Waals surface area contributed by atoms with Crippen molar-refractivity contribution in [1.29, 1.82) is 0 Å². The predicted molar refractivity (Wildman–Crippen MR) is 85.9 cm³/mol. The molecule has 1 aromatic heterocycles. The summed E-state index contributed by atoms with van der Waals surface area (Å²) in [5, 5.41) is 3.86. The average molecular weight is 297 g/mol. The molecule has 0 saturated carbocycles. The second-order valence-electron chi connectivity index (χ2n) is 4.76. The molecule has 1 aromatic carbocycles. The number of aromatic nitrogens is 1. The summed E-state index contributed by atoms with van der Waals surface area (Å²) in [7, 11) is 0. The number of aryl methyl sites for hydroxylation is 1. The van der Waals surface area contributed by atoms with E-state index in [1.165, 1.54) is 5.56 Å². The third kappa shape index (κ3) is 5.36. The Morgan fingerprint density at radius 3 is 2.64 bits per heavy atom. The van der Waals surface area contributed by atoms with Gasteiger partial charge in [0, 0.05) is 12.4 Å². The molecule has 114 valence electrons. The van der Waals surface area contributed by atoms with Crippen LogP contribution in [-0.2, 0) is 11.2 Å². The highest BCUT2D eigenvalue weighted by molar-refractivity contribution is 5.82. The Balaban J connectivity index is 1.74. The molecule has 0 aliphatic carbocycles. The summed E-state index contributed by atoms with van der Waals surface area (Å²) < 4.78 is 5.41. The number of nitrogens with zero attached hydrogens (tertiary/aromatic N) is 2. The maximum atomic E-state index is 11.6. The second-order valence-corrected chi connectivity index (χ2v) is 4.76. The van der Waals surface area contributed by atoms with Gasteiger partial charge >= 0.3 is 0 Å². The molecule has 5 heteroatoms. The molecule has 1 amide bonds. The zero-order chi connectivity index (χ0) is 15.6. The van der Waals surface area contributed by atoms with Crippen LogP contribution < -0.4 is 10.2 Å². The van der Waals surface area contributed by atoms with Crippen molar-refractivity contribution < 1.29 is 9.53 Å². The highest BCUT2D eigenvalue weighted by Crippen LogP contribution is 2.13. The van der Waals surface area contributed by atoms with Crippen molar-refractivity contribution in [3.63, 3.8) is 0 Å². The van der Waals surface area contributed by atoms with Crippen LogP contribution in [0, 0.1) is 0 Å². The van der Waals surface area contributed by atoms with Crippen LogP contribution in [0.1, 0.15) is 24.5 Å². The Bertz CT molecular complexity index is 610. The molecule has 5 nitrogen and oxygen atoms in total. The summed E-state index contributed by atoms with van der Waals surface area (Å²) in [6, 6.07) is 11.4. The Morgan fingerprint density at radius 1 is 1.23 bits per heavy atom. The van der Waals surface area contributed by atoms with Crippen LogP contribution in [0.15, 0.2) is 53.9 Å². The first-order valence-corrected chi connectivity index (χ1v) is 7.21. The van der Waals surface area contributed by atoms with Gasteiger partial charge in [-0.25, -0.2) is 5.43 Å². The van der Waals surface area contributed by atoms with Gasteiger partial charge in [-0.15, -0.1) is 0 Å². The molecule has 0 atom stereocenters. The lowest BCUT2D eigenvalue weighted by Crippen LogP contribution is -2.24. The van der Waals surface area contributed by atoms with Crippen LogP contribution in [0.2, 0.25) is 0 Å². The van der Waals surface area contributed by atoms with E-state index in [1.807, 2.05) is 24.3 Å². The molecule has 0 saturated heterocycles. The fourth-order valence-corrected chi connectivity index (χ4v) is 1.85. The standard InChI is InChI=1S/C17H19N3O2/c1-2-3-14-4-6-16(7-5-14)22-13-17(21)20-19-12-15-8-10-18-11-9-15/h4-12H,2-3,13H2,1H3,(H,20,21)/b19-12+. The van der Waals surface area contributed by atoms with Gasteiger partial charge in [-0.2, -0.15) is 5.10 Å². The first-order chi connectivity index (χ1) is 10.8. The monoisotopic (exact) mass is 297 g/mol. The SMILES string of the molecule is CCCc1ccc(OCC(=O)N/N=C/c2ccncc2)cc1. The lowest BCUT2D eigenvalue weighted by Gasteiger charge is -2.06. The summed E-state index contributed by atoms with van der Waals surface area (Å²) in [5.74, 6) is 0.371. The van der Waals surface area contributed by atoms with Crippen LogP contribution >= 0.6 is 0 Å². The lowest BCUT2D eigenvalue weighted by atomic mass is 10.1. The van der Waals surface area contributed by atoms with Gasteiger partial charge in [0.25, 0.3) is 5.91 Å². The van der Waals surface area contributed by atoms with Crippen molar-refractivity contribution in [2.75, 3.05) is 6.61 Å². The molecule has 0 spiro atoms. The molecule has 1 heterocycles. The summed E-state index contributed by atoms with van der Waals surface area (Å²) in [6.07, 6.45) is 7.03. The molecule has 2 rings (SSSR count). The molecule has 0 aliphatic heterocycles. The fraction of sp³-hybridized carbons (Fsp3) is 0.235. The maximum absolute atomic E-state index is 11.6. The Hall–Kier alpha value is -2.69. The Labute approximate surface area is 130 Å². The van der Waals surface area contributed by atoms with E-state index in [1.54, 1.807) is 30.7 Å². The van der Waals surface area contributed by atoms with E-state index in [0.717, 1.165) is 18.4 Å². The largest absolute Gasteiger partial charge is 0.484 e. The van der Waals surface area contributed by atoms with E-state index >= 15 is 0 Å². The van der Waals surface area contributed by atoms with E-state index in [0.29, 0.717) is 5.75 Å². The average Bonchev–Trinajstić information content (AvgIpc) is 2.55. The van der Waals surface area contributed by atoms with Gasteiger partial charge < -0.3 is 4.74 Å². The van der Waals surface area contributed by atoms with Gasteiger partial charge in [-0.1, -0.05) is 25.5 Å². The maximum Gasteiger partial charge on any atom is 0.277 e. The summed E-state index contributed by atoms with van der Waals surface area (Å²) in [4.78, 5) is 15.5. The van der Waals surface area contributed by atoms with Crippen molar-refractivity contribution >= 4 is 12.1 Å². The number of hydrogen-bond donors (Lipinski definition) is 1. The molecule has 0 aliphatic rings. The molecule has 22 heavy (non-hydrogen) atoms. The molecular formula is C17H19N3O2. The fourth-order valence-electron chi connectivity index (χ4n) is 1.85. The molecule has 0 fully saturated rings. The molecule has 0 bridgehead atoms. The Kier molecular flexibility index (Phi) is 6.11. The molecule has 1 N–H and O–H groups in total. The third-order valence-corrected chi connectivity index (χ3v) is 2.94. The predicted octanol–water partition coefficient (Wildman–Crippen LogP) is 2.56. The van der Waals surface area contributed by atoms with E-state index < -0.39 is 0 Å². The summed E-state index contributed by atoms with van der Waals surface area (Å²) in [6.45, 7) is 2.07.